The molecule has 1 N–H and O–H groups in total. The molecule has 3 heterocycles. The minimum atomic E-state index is -0.0129. The van der Waals surface area contributed by atoms with Crippen LogP contribution in [0, 0.1) is 6.92 Å². The molecular weight excluding hydrogens is 376 g/mol. The Bertz CT molecular complexity index is 802. The average molecular weight is 403 g/mol. The van der Waals surface area contributed by atoms with Gasteiger partial charge in [0.1, 0.15) is 0 Å². The number of rotatable bonds is 7. The number of thiophene rings is 1. The van der Waals surface area contributed by atoms with E-state index >= 15 is 0 Å². The van der Waals surface area contributed by atoms with Crippen molar-refractivity contribution >= 4 is 23.2 Å². The van der Waals surface area contributed by atoms with Gasteiger partial charge in [-0.25, -0.2) is 0 Å². The minimum Gasteiger partial charge on any atom is -0.383 e. The van der Waals surface area contributed by atoms with Gasteiger partial charge in [0.25, 0.3) is 5.91 Å². The van der Waals surface area contributed by atoms with Gasteiger partial charge in [-0.1, -0.05) is 6.07 Å². The number of pyridine rings is 1. The maximum Gasteiger partial charge on any atom is 0.255 e. The van der Waals surface area contributed by atoms with Crippen LogP contribution in [0.3, 0.4) is 0 Å². The molecule has 150 valence electrons. The molecule has 2 amide bonds. The van der Waals surface area contributed by atoms with Crippen molar-refractivity contribution in [1.82, 2.24) is 20.1 Å². The molecule has 0 atom stereocenters. The predicted molar refractivity (Wildman–Crippen MR) is 110 cm³/mol. The van der Waals surface area contributed by atoms with Gasteiger partial charge in [-0.05, 0) is 30.5 Å². The molecule has 0 unspecified atom stereocenters. The third-order valence-electron chi connectivity index (χ3n) is 4.74. The minimum absolute atomic E-state index is 0.00641. The lowest BCUT2D eigenvalue weighted by Gasteiger charge is -2.34. The van der Waals surface area contributed by atoms with Gasteiger partial charge >= 0.3 is 0 Å². The first kappa shape index (κ1) is 20.4. The number of ether oxygens (including phenoxy) is 1. The van der Waals surface area contributed by atoms with Gasteiger partial charge in [0.2, 0.25) is 5.91 Å². The normalized spacial score (nSPS) is 14.9. The number of nitrogens with zero attached hydrogens (tertiary/aromatic N) is 3. The largest absolute Gasteiger partial charge is 0.383 e. The van der Waals surface area contributed by atoms with E-state index in [9.17, 15) is 9.59 Å². The summed E-state index contributed by atoms with van der Waals surface area (Å²) in [5, 5.41) is 4.84. The Hall–Kier alpha value is -2.29. The highest BCUT2D eigenvalue weighted by molar-refractivity contribution is 7.13. The van der Waals surface area contributed by atoms with Crippen LogP contribution >= 0.6 is 11.3 Å². The number of piperazine rings is 1. The number of nitrogens with one attached hydrogen (secondary N) is 1. The highest BCUT2D eigenvalue weighted by Gasteiger charge is 2.24. The number of carbonyl (C=O) groups excluding carboxylic acids is 2. The lowest BCUT2D eigenvalue weighted by molar-refractivity contribution is -0.122. The Morgan fingerprint density at radius 2 is 2.00 bits per heavy atom. The van der Waals surface area contributed by atoms with E-state index in [1.165, 1.54) is 0 Å². The molecule has 0 aliphatic carbocycles. The SMILES string of the molecule is COCCNC(=O)CN1CCN(C(=O)c2ccc(-c3cccs3)nc2C)CC1. The second-order valence-corrected chi connectivity index (χ2v) is 7.67. The number of aryl methyl sites for hydroxylation is 1. The number of carbonyl (C=O) groups is 2. The van der Waals surface area contributed by atoms with Gasteiger partial charge in [-0.15, -0.1) is 11.3 Å². The first-order chi connectivity index (χ1) is 13.6. The van der Waals surface area contributed by atoms with Gasteiger partial charge in [0.05, 0.1) is 35.0 Å². The fourth-order valence-corrected chi connectivity index (χ4v) is 3.87. The predicted octanol–water partition coefficient (Wildman–Crippen LogP) is 1.64. The molecule has 7 nitrogen and oxygen atoms in total. The highest BCUT2D eigenvalue weighted by atomic mass is 32.1. The van der Waals surface area contributed by atoms with Crippen LogP contribution in [-0.4, -0.2) is 79.6 Å². The van der Waals surface area contributed by atoms with E-state index in [1.54, 1.807) is 18.4 Å². The van der Waals surface area contributed by atoms with Crippen molar-refractivity contribution in [2.45, 2.75) is 6.92 Å². The van der Waals surface area contributed by atoms with Gasteiger partial charge in [-0.3, -0.25) is 19.5 Å². The van der Waals surface area contributed by atoms with Gasteiger partial charge < -0.3 is 15.0 Å². The molecule has 1 aliphatic heterocycles. The Morgan fingerprint density at radius 3 is 2.64 bits per heavy atom. The van der Waals surface area contributed by atoms with Crippen molar-refractivity contribution in [3.63, 3.8) is 0 Å². The summed E-state index contributed by atoms with van der Waals surface area (Å²) in [5.41, 5.74) is 2.29. The molecule has 0 radical (unpaired) electrons. The van der Waals surface area contributed by atoms with Gasteiger partial charge in [0.15, 0.2) is 0 Å². The summed E-state index contributed by atoms with van der Waals surface area (Å²) < 4.78 is 4.93. The van der Waals surface area contributed by atoms with Crippen molar-refractivity contribution in [3.8, 4) is 10.6 Å². The molecule has 8 heteroatoms. The topological polar surface area (TPSA) is 74.8 Å². The van der Waals surface area contributed by atoms with Crippen molar-refractivity contribution in [3.05, 3.63) is 40.9 Å². The fourth-order valence-electron chi connectivity index (χ4n) is 3.18. The molecule has 28 heavy (non-hydrogen) atoms. The number of aromatic nitrogens is 1. The third kappa shape index (κ3) is 5.15. The smallest absolute Gasteiger partial charge is 0.255 e. The Morgan fingerprint density at radius 1 is 1.21 bits per heavy atom. The van der Waals surface area contributed by atoms with E-state index < -0.39 is 0 Å². The van der Waals surface area contributed by atoms with Gasteiger partial charge in [0, 0.05) is 39.8 Å². The van der Waals surface area contributed by atoms with Crippen LogP contribution in [0.25, 0.3) is 10.6 Å². The summed E-state index contributed by atoms with van der Waals surface area (Å²) in [6, 6.07) is 7.80. The van der Waals surface area contributed by atoms with E-state index in [4.69, 9.17) is 4.74 Å². The molecule has 1 aliphatic rings. The number of hydrogen-bond donors (Lipinski definition) is 1. The quantitative estimate of drug-likeness (QED) is 0.713. The second kappa shape index (κ2) is 9.77. The lowest BCUT2D eigenvalue weighted by Crippen LogP contribution is -2.51. The van der Waals surface area contributed by atoms with Gasteiger partial charge in [-0.2, -0.15) is 0 Å². The molecule has 3 rings (SSSR count). The first-order valence-corrected chi connectivity index (χ1v) is 10.2. The average Bonchev–Trinajstić information content (AvgIpc) is 3.23. The van der Waals surface area contributed by atoms with E-state index in [-0.39, 0.29) is 11.8 Å². The Balaban J connectivity index is 1.53. The molecule has 0 spiro atoms. The van der Waals surface area contributed by atoms with Crippen LogP contribution < -0.4 is 5.32 Å². The zero-order valence-corrected chi connectivity index (χ0v) is 17.1. The van der Waals surface area contributed by atoms with E-state index in [1.807, 2.05) is 41.5 Å². The molecule has 2 aromatic heterocycles. The van der Waals surface area contributed by atoms with Crippen molar-refractivity contribution in [1.29, 1.82) is 0 Å². The van der Waals surface area contributed by atoms with Crippen LogP contribution in [-0.2, 0) is 9.53 Å². The summed E-state index contributed by atoms with van der Waals surface area (Å²) in [6.45, 7) is 5.83. The van der Waals surface area contributed by atoms with Crippen LogP contribution in [0.5, 0.6) is 0 Å². The summed E-state index contributed by atoms with van der Waals surface area (Å²) in [6.07, 6.45) is 0. The maximum absolute atomic E-state index is 12.9. The monoisotopic (exact) mass is 402 g/mol. The number of hydrogen-bond acceptors (Lipinski definition) is 6. The molecule has 1 fully saturated rings. The van der Waals surface area contributed by atoms with Crippen molar-refractivity contribution in [2.75, 3.05) is 53.0 Å². The van der Waals surface area contributed by atoms with Crippen LogP contribution in [0.2, 0.25) is 0 Å². The fraction of sp³-hybridized carbons (Fsp3) is 0.450. The lowest BCUT2D eigenvalue weighted by atomic mass is 10.1. The van der Waals surface area contributed by atoms with E-state index in [0.29, 0.717) is 51.4 Å². The highest BCUT2D eigenvalue weighted by Crippen LogP contribution is 2.24. The number of methoxy groups -OCH3 is 1. The molecular formula is C20H26N4O3S. The number of amides is 2. The summed E-state index contributed by atoms with van der Waals surface area (Å²) >= 11 is 1.64. The third-order valence-corrected chi connectivity index (χ3v) is 5.64. The molecule has 1 saturated heterocycles. The van der Waals surface area contributed by atoms with Crippen molar-refractivity contribution < 1.29 is 14.3 Å². The molecule has 2 aromatic rings. The summed E-state index contributed by atoms with van der Waals surface area (Å²) in [7, 11) is 1.61. The Labute approximate surface area is 169 Å². The molecule has 0 saturated carbocycles. The van der Waals surface area contributed by atoms with Crippen LogP contribution in [0.1, 0.15) is 16.1 Å². The first-order valence-electron chi connectivity index (χ1n) is 9.37. The molecule has 0 aromatic carbocycles. The standard InChI is InChI=1S/C20H26N4O3S/c1-15-16(5-6-17(22-15)18-4-3-13-28-18)20(26)24-10-8-23(9-11-24)14-19(25)21-7-12-27-2/h3-6,13H,7-12,14H2,1-2H3,(H,21,25). The second-order valence-electron chi connectivity index (χ2n) is 6.72. The Kier molecular flexibility index (Phi) is 7.13. The summed E-state index contributed by atoms with van der Waals surface area (Å²) in [4.78, 5) is 34.4. The van der Waals surface area contributed by atoms with E-state index in [0.717, 1.165) is 16.3 Å². The van der Waals surface area contributed by atoms with E-state index in [2.05, 4.69) is 15.2 Å². The zero-order valence-electron chi connectivity index (χ0n) is 16.3. The van der Waals surface area contributed by atoms with Crippen LogP contribution in [0.15, 0.2) is 29.6 Å². The zero-order chi connectivity index (χ0) is 19.9. The van der Waals surface area contributed by atoms with Crippen molar-refractivity contribution in [2.24, 2.45) is 0 Å². The maximum atomic E-state index is 12.9. The summed E-state index contributed by atoms with van der Waals surface area (Å²) in [5.74, 6) is -0.00652. The molecule has 0 bridgehead atoms. The van der Waals surface area contributed by atoms with Crippen LogP contribution in [0.4, 0.5) is 0 Å².